The van der Waals surface area contributed by atoms with Crippen LogP contribution < -0.4 is 0 Å². The van der Waals surface area contributed by atoms with E-state index in [1.54, 1.807) is 19.1 Å². The maximum absolute atomic E-state index is 13.1. The molecule has 1 N–H and O–H groups in total. The van der Waals surface area contributed by atoms with Crippen LogP contribution in [0.15, 0.2) is 18.2 Å². The Labute approximate surface area is 108 Å². The van der Waals surface area contributed by atoms with Crippen molar-refractivity contribution >= 4 is 0 Å². The van der Waals surface area contributed by atoms with Crippen LogP contribution in [-0.2, 0) is 4.74 Å². The van der Waals surface area contributed by atoms with Crippen molar-refractivity contribution in [1.29, 1.82) is 0 Å². The minimum Gasteiger partial charge on any atom is -0.388 e. The Hall–Kier alpha value is -0.930. The molecule has 1 saturated heterocycles. The fraction of sp³-hybridized carbons (Fsp3) is 0.600. The van der Waals surface area contributed by atoms with Crippen LogP contribution in [0.3, 0.4) is 0 Å². The fourth-order valence-corrected chi connectivity index (χ4v) is 2.42. The highest BCUT2D eigenvalue weighted by atomic mass is 19.1. The lowest BCUT2D eigenvalue weighted by Crippen LogP contribution is -2.19. The molecule has 0 aliphatic carbocycles. The van der Waals surface area contributed by atoms with Gasteiger partial charge in [0.1, 0.15) is 5.82 Å². The largest absolute Gasteiger partial charge is 0.388 e. The molecule has 18 heavy (non-hydrogen) atoms. The summed E-state index contributed by atoms with van der Waals surface area (Å²) in [7, 11) is 0. The second-order valence-electron chi connectivity index (χ2n) is 5.09. The highest BCUT2D eigenvalue weighted by Crippen LogP contribution is 2.24. The molecule has 0 radical (unpaired) electrons. The van der Waals surface area contributed by atoms with Gasteiger partial charge in [-0.15, -0.1) is 0 Å². The lowest BCUT2D eigenvalue weighted by Gasteiger charge is -2.23. The molecular formula is C15H21FO2. The van der Waals surface area contributed by atoms with Gasteiger partial charge in [-0.25, -0.2) is 4.39 Å². The predicted octanol–water partition coefficient (Wildman–Crippen LogP) is 3.52. The third-order valence-corrected chi connectivity index (χ3v) is 3.60. The van der Waals surface area contributed by atoms with E-state index < -0.39 is 6.10 Å². The third-order valence-electron chi connectivity index (χ3n) is 3.60. The molecule has 2 atom stereocenters. The van der Waals surface area contributed by atoms with E-state index in [0.29, 0.717) is 12.0 Å². The fourth-order valence-electron chi connectivity index (χ4n) is 2.42. The van der Waals surface area contributed by atoms with Crippen molar-refractivity contribution in [3.63, 3.8) is 0 Å². The lowest BCUT2D eigenvalue weighted by atomic mass is 9.98. The molecule has 1 aromatic carbocycles. The van der Waals surface area contributed by atoms with Crippen molar-refractivity contribution in [3.8, 4) is 0 Å². The summed E-state index contributed by atoms with van der Waals surface area (Å²) in [5, 5.41) is 10.1. The minimum atomic E-state index is -0.519. The number of halogens is 1. The summed E-state index contributed by atoms with van der Waals surface area (Å²) < 4.78 is 18.8. The van der Waals surface area contributed by atoms with Gasteiger partial charge in [-0.05, 0) is 56.2 Å². The van der Waals surface area contributed by atoms with Gasteiger partial charge in [0.25, 0.3) is 0 Å². The van der Waals surface area contributed by atoms with Crippen LogP contribution in [0.4, 0.5) is 4.39 Å². The van der Waals surface area contributed by atoms with Gasteiger partial charge in [-0.2, -0.15) is 0 Å². The highest BCUT2D eigenvalue weighted by Gasteiger charge is 2.16. The Kier molecular flexibility index (Phi) is 4.72. The molecule has 0 saturated carbocycles. The molecule has 0 amide bonds. The number of benzene rings is 1. The van der Waals surface area contributed by atoms with Gasteiger partial charge in [0.2, 0.25) is 0 Å². The summed E-state index contributed by atoms with van der Waals surface area (Å²) in [6, 6.07) is 4.81. The molecule has 0 spiro atoms. The summed E-state index contributed by atoms with van der Waals surface area (Å²) in [5.74, 6) is -0.221. The molecule has 0 bridgehead atoms. The van der Waals surface area contributed by atoms with Gasteiger partial charge in [0.05, 0.1) is 12.2 Å². The van der Waals surface area contributed by atoms with Crippen molar-refractivity contribution < 1.29 is 14.2 Å². The molecular weight excluding hydrogens is 231 g/mol. The van der Waals surface area contributed by atoms with E-state index in [-0.39, 0.29) is 11.9 Å². The number of ether oxygens (including phenoxy) is 1. The predicted molar refractivity (Wildman–Crippen MR) is 68.9 cm³/mol. The lowest BCUT2D eigenvalue weighted by molar-refractivity contribution is 0.00212. The first kappa shape index (κ1) is 13.5. The van der Waals surface area contributed by atoms with Crippen LogP contribution in [-0.4, -0.2) is 17.8 Å². The molecule has 0 aromatic heterocycles. The van der Waals surface area contributed by atoms with Crippen molar-refractivity contribution in [3.05, 3.63) is 35.1 Å². The van der Waals surface area contributed by atoms with Gasteiger partial charge >= 0.3 is 0 Å². The average Bonchev–Trinajstić information content (AvgIpc) is 2.40. The van der Waals surface area contributed by atoms with Crippen LogP contribution in [0.2, 0.25) is 0 Å². The molecule has 2 nitrogen and oxygen atoms in total. The first-order valence-electron chi connectivity index (χ1n) is 6.72. The first-order valence-corrected chi connectivity index (χ1v) is 6.72. The van der Waals surface area contributed by atoms with Crippen molar-refractivity contribution in [1.82, 2.24) is 0 Å². The second-order valence-corrected chi connectivity index (χ2v) is 5.09. The Balaban J connectivity index is 1.86. The van der Waals surface area contributed by atoms with Crippen LogP contribution in [0, 0.1) is 12.7 Å². The molecule has 1 aromatic rings. The highest BCUT2D eigenvalue weighted by molar-refractivity contribution is 5.25. The summed E-state index contributed by atoms with van der Waals surface area (Å²) in [6.45, 7) is 2.56. The Morgan fingerprint density at radius 1 is 1.44 bits per heavy atom. The summed E-state index contributed by atoms with van der Waals surface area (Å²) in [4.78, 5) is 0. The third kappa shape index (κ3) is 3.53. The molecule has 2 rings (SSSR count). The molecule has 100 valence electrons. The van der Waals surface area contributed by atoms with Crippen molar-refractivity contribution in [2.75, 3.05) is 6.61 Å². The zero-order valence-corrected chi connectivity index (χ0v) is 10.9. The standard InChI is InChI=1S/C15H21FO2/c1-11-10-12(5-7-14(11)16)15(17)8-6-13-4-2-3-9-18-13/h5,7,10,13,15,17H,2-4,6,8-9H2,1H3. The van der Waals surface area contributed by atoms with E-state index in [1.165, 1.54) is 12.5 Å². The van der Waals surface area contributed by atoms with Gasteiger partial charge in [0.15, 0.2) is 0 Å². The normalized spacial score (nSPS) is 21.8. The zero-order valence-electron chi connectivity index (χ0n) is 10.9. The summed E-state index contributed by atoms with van der Waals surface area (Å²) >= 11 is 0. The van der Waals surface area contributed by atoms with E-state index in [2.05, 4.69) is 0 Å². The zero-order chi connectivity index (χ0) is 13.0. The van der Waals surface area contributed by atoms with E-state index in [4.69, 9.17) is 4.74 Å². The number of aryl methyl sites for hydroxylation is 1. The SMILES string of the molecule is Cc1cc(C(O)CCC2CCCCO2)ccc1F. The molecule has 1 aliphatic heterocycles. The van der Waals surface area contributed by atoms with Crippen LogP contribution >= 0.6 is 0 Å². The Morgan fingerprint density at radius 2 is 2.28 bits per heavy atom. The number of hydrogen-bond acceptors (Lipinski definition) is 2. The first-order chi connectivity index (χ1) is 8.66. The van der Waals surface area contributed by atoms with Crippen LogP contribution in [0.5, 0.6) is 0 Å². The quantitative estimate of drug-likeness (QED) is 0.888. The maximum atomic E-state index is 13.1. The van der Waals surface area contributed by atoms with Gasteiger partial charge in [-0.1, -0.05) is 12.1 Å². The molecule has 1 fully saturated rings. The number of aliphatic hydroxyl groups is 1. The Bertz CT molecular complexity index is 386. The topological polar surface area (TPSA) is 29.5 Å². The number of hydrogen-bond donors (Lipinski definition) is 1. The van der Waals surface area contributed by atoms with Gasteiger partial charge in [0, 0.05) is 6.61 Å². The van der Waals surface area contributed by atoms with Gasteiger partial charge in [-0.3, -0.25) is 0 Å². The van der Waals surface area contributed by atoms with Crippen LogP contribution in [0.1, 0.15) is 49.3 Å². The number of rotatable bonds is 4. The van der Waals surface area contributed by atoms with Crippen molar-refractivity contribution in [2.24, 2.45) is 0 Å². The molecule has 1 heterocycles. The maximum Gasteiger partial charge on any atom is 0.126 e. The van der Waals surface area contributed by atoms with Gasteiger partial charge < -0.3 is 9.84 Å². The molecule has 3 heteroatoms. The van der Waals surface area contributed by atoms with E-state index in [0.717, 1.165) is 31.4 Å². The smallest absolute Gasteiger partial charge is 0.126 e. The summed E-state index contributed by atoms with van der Waals surface area (Å²) in [5.41, 5.74) is 1.38. The molecule has 1 aliphatic rings. The van der Waals surface area contributed by atoms with E-state index in [9.17, 15) is 9.50 Å². The number of aliphatic hydroxyl groups excluding tert-OH is 1. The van der Waals surface area contributed by atoms with Crippen molar-refractivity contribution in [2.45, 2.75) is 51.2 Å². The van der Waals surface area contributed by atoms with Crippen LogP contribution in [0.25, 0.3) is 0 Å². The van der Waals surface area contributed by atoms with E-state index >= 15 is 0 Å². The minimum absolute atomic E-state index is 0.221. The molecule has 2 unspecified atom stereocenters. The Morgan fingerprint density at radius 3 is 2.94 bits per heavy atom. The van der Waals surface area contributed by atoms with E-state index in [1.807, 2.05) is 0 Å². The second kappa shape index (κ2) is 6.30. The average molecular weight is 252 g/mol. The summed E-state index contributed by atoms with van der Waals surface area (Å²) in [6.07, 6.45) is 4.78. The monoisotopic (exact) mass is 252 g/mol.